The van der Waals surface area contributed by atoms with E-state index >= 15 is 0 Å². The Labute approximate surface area is 160 Å². The Kier molecular flexibility index (Phi) is 7.20. The van der Waals surface area contributed by atoms with Gasteiger partial charge in [-0.2, -0.15) is 0 Å². The van der Waals surface area contributed by atoms with Crippen LogP contribution in [0.25, 0.3) is 0 Å². The Morgan fingerprint density at radius 3 is 2.62 bits per heavy atom. The van der Waals surface area contributed by atoms with Crippen molar-refractivity contribution in [2.45, 2.75) is 26.8 Å². The standard InChI is InChI=1S/C18H22BrN3O4/c1-12(2)8-9-22(10-16-21-15(11-26-16)17(23)25-3)18(24)20-14-6-4-13(19)5-7-14/h4-7,11-12H,8-10H2,1-3H3,(H,20,24). The molecule has 26 heavy (non-hydrogen) atoms. The minimum atomic E-state index is -0.576. The van der Waals surface area contributed by atoms with E-state index in [0.29, 0.717) is 18.2 Å². The molecule has 0 saturated carbocycles. The van der Waals surface area contributed by atoms with Crippen molar-refractivity contribution in [2.75, 3.05) is 19.0 Å². The molecule has 0 fully saturated rings. The van der Waals surface area contributed by atoms with Crippen LogP contribution in [0.15, 0.2) is 39.4 Å². The van der Waals surface area contributed by atoms with Crippen LogP contribution in [-0.2, 0) is 11.3 Å². The number of nitrogens with one attached hydrogen (secondary N) is 1. The quantitative estimate of drug-likeness (QED) is 0.670. The SMILES string of the molecule is COC(=O)c1coc(CN(CCC(C)C)C(=O)Nc2ccc(Br)cc2)n1. The topological polar surface area (TPSA) is 84.7 Å². The summed E-state index contributed by atoms with van der Waals surface area (Å²) in [7, 11) is 1.28. The van der Waals surface area contributed by atoms with Gasteiger partial charge in [-0.1, -0.05) is 29.8 Å². The van der Waals surface area contributed by atoms with Gasteiger partial charge in [-0.15, -0.1) is 0 Å². The molecule has 1 N–H and O–H groups in total. The number of esters is 1. The molecule has 2 amide bonds. The highest BCUT2D eigenvalue weighted by molar-refractivity contribution is 9.10. The second-order valence-electron chi connectivity index (χ2n) is 6.16. The van der Waals surface area contributed by atoms with Gasteiger partial charge >= 0.3 is 12.0 Å². The van der Waals surface area contributed by atoms with Crippen LogP contribution < -0.4 is 5.32 Å². The van der Waals surface area contributed by atoms with Crippen molar-refractivity contribution in [3.8, 4) is 0 Å². The van der Waals surface area contributed by atoms with Crippen molar-refractivity contribution in [3.05, 3.63) is 46.6 Å². The van der Waals surface area contributed by atoms with Gasteiger partial charge in [0.25, 0.3) is 0 Å². The van der Waals surface area contributed by atoms with Gasteiger partial charge in [0.1, 0.15) is 6.26 Å². The molecule has 140 valence electrons. The summed E-state index contributed by atoms with van der Waals surface area (Å²) in [6, 6.07) is 7.06. The Balaban J connectivity index is 2.08. The third-order valence-corrected chi connectivity index (χ3v) is 4.16. The lowest BCUT2D eigenvalue weighted by Gasteiger charge is -2.22. The summed E-state index contributed by atoms with van der Waals surface area (Å²) < 4.78 is 10.8. The number of carbonyl (C=O) groups excluding carboxylic acids is 2. The zero-order valence-electron chi connectivity index (χ0n) is 15.0. The van der Waals surface area contributed by atoms with Gasteiger partial charge in [-0.05, 0) is 36.6 Å². The van der Waals surface area contributed by atoms with Crippen LogP contribution in [0, 0.1) is 5.92 Å². The van der Waals surface area contributed by atoms with Crippen molar-refractivity contribution < 1.29 is 18.7 Å². The zero-order valence-corrected chi connectivity index (χ0v) is 16.6. The van der Waals surface area contributed by atoms with Gasteiger partial charge in [0.05, 0.1) is 13.7 Å². The number of ether oxygens (including phenoxy) is 1. The summed E-state index contributed by atoms with van der Waals surface area (Å²) in [4.78, 5) is 29.8. The normalized spacial score (nSPS) is 10.7. The van der Waals surface area contributed by atoms with E-state index in [1.807, 2.05) is 24.3 Å². The van der Waals surface area contributed by atoms with Crippen molar-refractivity contribution in [2.24, 2.45) is 5.92 Å². The molecule has 1 aromatic carbocycles. The zero-order chi connectivity index (χ0) is 19.1. The molecule has 0 aliphatic rings. The minimum absolute atomic E-state index is 0.0830. The molecule has 8 heteroatoms. The summed E-state index contributed by atoms with van der Waals surface area (Å²) in [6.07, 6.45) is 2.06. The first-order chi connectivity index (χ1) is 12.4. The Hall–Kier alpha value is -2.35. The van der Waals surface area contributed by atoms with Gasteiger partial charge in [-0.25, -0.2) is 14.6 Å². The third-order valence-electron chi connectivity index (χ3n) is 3.63. The number of benzene rings is 1. The average Bonchev–Trinajstić information content (AvgIpc) is 3.08. The number of urea groups is 1. The number of carbonyl (C=O) groups is 2. The highest BCUT2D eigenvalue weighted by Crippen LogP contribution is 2.16. The van der Waals surface area contributed by atoms with Crippen LogP contribution in [0.1, 0.15) is 36.6 Å². The van der Waals surface area contributed by atoms with Crippen LogP contribution in [-0.4, -0.2) is 35.5 Å². The highest BCUT2D eigenvalue weighted by atomic mass is 79.9. The number of oxazole rings is 1. The molecule has 7 nitrogen and oxygen atoms in total. The van der Waals surface area contributed by atoms with E-state index in [2.05, 4.69) is 44.8 Å². The molecule has 1 aromatic heterocycles. The lowest BCUT2D eigenvalue weighted by molar-refractivity contribution is 0.0594. The fourth-order valence-electron chi connectivity index (χ4n) is 2.15. The number of anilines is 1. The maximum atomic E-state index is 12.7. The van der Waals surface area contributed by atoms with Crippen LogP contribution in [0.4, 0.5) is 10.5 Å². The second-order valence-corrected chi connectivity index (χ2v) is 7.07. The highest BCUT2D eigenvalue weighted by Gasteiger charge is 2.19. The van der Waals surface area contributed by atoms with Crippen molar-refractivity contribution >= 4 is 33.6 Å². The average molecular weight is 424 g/mol. The summed E-state index contributed by atoms with van der Waals surface area (Å²) >= 11 is 3.36. The number of methoxy groups -OCH3 is 1. The monoisotopic (exact) mass is 423 g/mol. The first-order valence-corrected chi connectivity index (χ1v) is 9.02. The number of aromatic nitrogens is 1. The largest absolute Gasteiger partial charge is 0.464 e. The van der Waals surface area contributed by atoms with E-state index in [4.69, 9.17) is 4.42 Å². The fraction of sp³-hybridized carbons (Fsp3) is 0.389. The van der Waals surface area contributed by atoms with E-state index in [9.17, 15) is 9.59 Å². The Morgan fingerprint density at radius 2 is 2.00 bits per heavy atom. The number of hydrogen-bond acceptors (Lipinski definition) is 5. The number of amides is 2. The maximum Gasteiger partial charge on any atom is 0.360 e. The van der Waals surface area contributed by atoms with Gasteiger partial charge in [0.15, 0.2) is 5.69 Å². The predicted molar refractivity (Wildman–Crippen MR) is 101 cm³/mol. The van der Waals surface area contributed by atoms with Crippen LogP contribution in [0.2, 0.25) is 0 Å². The second kappa shape index (κ2) is 9.38. The third kappa shape index (κ3) is 5.87. The molecule has 0 spiro atoms. The van der Waals surface area contributed by atoms with Gasteiger partial charge in [0.2, 0.25) is 5.89 Å². The van der Waals surface area contributed by atoms with Crippen LogP contribution in [0.3, 0.4) is 0 Å². The maximum absolute atomic E-state index is 12.7. The molecule has 0 aliphatic heterocycles. The summed E-state index contributed by atoms with van der Waals surface area (Å²) in [5, 5.41) is 2.86. The molecular formula is C18H22BrN3O4. The number of nitrogens with zero attached hydrogens (tertiary/aromatic N) is 2. The molecule has 0 unspecified atom stereocenters. The summed E-state index contributed by atoms with van der Waals surface area (Å²) in [5.41, 5.74) is 0.773. The molecular weight excluding hydrogens is 402 g/mol. The molecule has 0 radical (unpaired) electrons. The molecule has 0 atom stereocenters. The molecule has 2 rings (SSSR count). The first-order valence-electron chi connectivity index (χ1n) is 8.23. The first kappa shape index (κ1) is 20.0. The fourth-order valence-corrected chi connectivity index (χ4v) is 2.41. The number of hydrogen-bond donors (Lipinski definition) is 1. The van der Waals surface area contributed by atoms with Crippen molar-refractivity contribution in [1.82, 2.24) is 9.88 Å². The Morgan fingerprint density at radius 1 is 1.31 bits per heavy atom. The van der Waals surface area contributed by atoms with Crippen molar-refractivity contribution in [1.29, 1.82) is 0 Å². The molecule has 0 bridgehead atoms. The van der Waals surface area contributed by atoms with Gasteiger partial charge in [-0.3, -0.25) is 0 Å². The van der Waals surface area contributed by atoms with E-state index < -0.39 is 5.97 Å². The predicted octanol–water partition coefficient (Wildman–Crippen LogP) is 4.30. The molecule has 0 saturated heterocycles. The summed E-state index contributed by atoms with van der Waals surface area (Å²) in [6.45, 7) is 4.87. The lowest BCUT2D eigenvalue weighted by atomic mass is 10.1. The van der Waals surface area contributed by atoms with Crippen molar-refractivity contribution in [3.63, 3.8) is 0 Å². The molecule has 0 aliphatic carbocycles. The van der Waals surface area contributed by atoms with E-state index in [0.717, 1.165) is 10.9 Å². The molecule has 2 aromatic rings. The van der Waals surface area contributed by atoms with E-state index in [-0.39, 0.29) is 24.2 Å². The number of rotatable bonds is 7. The smallest absolute Gasteiger partial charge is 0.360 e. The summed E-state index contributed by atoms with van der Waals surface area (Å²) in [5.74, 6) is 0.140. The van der Waals surface area contributed by atoms with Gasteiger partial charge < -0.3 is 19.4 Å². The minimum Gasteiger partial charge on any atom is -0.464 e. The molecule has 1 heterocycles. The van der Waals surface area contributed by atoms with E-state index in [1.165, 1.54) is 13.4 Å². The van der Waals surface area contributed by atoms with E-state index in [1.54, 1.807) is 4.90 Å². The Bertz CT molecular complexity index is 743. The lowest BCUT2D eigenvalue weighted by Crippen LogP contribution is -2.35. The van der Waals surface area contributed by atoms with Crippen LogP contribution in [0.5, 0.6) is 0 Å². The van der Waals surface area contributed by atoms with Crippen LogP contribution >= 0.6 is 15.9 Å². The number of halogens is 1. The van der Waals surface area contributed by atoms with Gasteiger partial charge in [0, 0.05) is 16.7 Å².